The highest BCUT2D eigenvalue weighted by Crippen LogP contribution is 2.35. The third-order valence-electron chi connectivity index (χ3n) is 3.24. The van der Waals surface area contributed by atoms with Crippen LogP contribution in [-0.4, -0.2) is 33.5 Å². The molecule has 2 aromatic rings. The van der Waals surface area contributed by atoms with Crippen molar-refractivity contribution in [2.24, 2.45) is 0 Å². The smallest absolute Gasteiger partial charge is 0.246 e. The van der Waals surface area contributed by atoms with Crippen LogP contribution in [0.25, 0.3) is 0 Å². The van der Waals surface area contributed by atoms with Gasteiger partial charge in [-0.2, -0.15) is 0 Å². The van der Waals surface area contributed by atoms with Gasteiger partial charge >= 0.3 is 0 Å². The van der Waals surface area contributed by atoms with Crippen LogP contribution in [0.15, 0.2) is 27.6 Å². The minimum absolute atomic E-state index is 0.0700. The first-order valence-corrected chi connectivity index (χ1v) is 8.41. The van der Waals surface area contributed by atoms with Crippen LogP contribution in [0, 0.1) is 13.8 Å². The molecule has 1 aromatic heterocycles. The van der Waals surface area contributed by atoms with E-state index in [1.165, 1.54) is 0 Å². The lowest BCUT2D eigenvalue weighted by Crippen LogP contribution is -2.29. The molecular formula is C14H16N2O6S. The number of fused-ring (bicyclic) bond motifs is 1. The van der Waals surface area contributed by atoms with E-state index in [0.717, 1.165) is 0 Å². The van der Waals surface area contributed by atoms with Gasteiger partial charge in [0.1, 0.15) is 22.9 Å². The fraction of sp³-hybridized carbons (Fsp3) is 0.357. The second-order valence-corrected chi connectivity index (χ2v) is 6.62. The fourth-order valence-electron chi connectivity index (χ4n) is 2.24. The van der Waals surface area contributed by atoms with E-state index in [1.807, 2.05) is 0 Å². The van der Waals surface area contributed by atoms with Crippen molar-refractivity contribution in [1.82, 2.24) is 9.88 Å². The number of aromatic nitrogens is 1. The van der Waals surface area contributed by atoms with E-state index in [1.54, 1.807) is 32.0 Å². The van der Waals surface area contributed by atoms with E-state index in [9.17, 15) is 8.42 Å². The molecule has 1 aliphatic rings. The molecule has 0 spiro atoms. The van der Waals surface area contributed by atoms with Crippen LogP contribution < -0.4 is 18.9 Å². The second-order valence-electron chi connectivity index (χ2n) is 4.91. The van der Waals surface area contributed by atoms with Crippen LogP contribution in [0.1, 0.15) is 11.5 Å². The highest BCUT2D eigenvalue weighted by atomic mass is 32.2. The zero-order valence-electron chi connectivity index (χ0n) is 12.7. The summed E-state index contributed by atoms with van der Waals surface area (Å²) in [7, 11) is -3.67. The maximum Gasteiger partial charge on any atom is 0.246 e. The van der Waals surface area contributed by atoms with Crippen molar-refractivity contribution in [2.75, 3.05) is 19.9 Å². The summed E-state index contributed by atoms with van der Waals surface area (Å²) >= 11 is 0. The largest absolute Gasteiger partial charge is 0.492 e. The number of hydrogen-bond acceptors (Lipinski definition) is 7. The molecule has 0 atom stereocenters. The van der Waals surface area contributed by atoms with Gasteiger partial charge in [-0.1, -0.05) is 5.16 Å². The van der Waals surface area contributed by atoms with E-state index < -0.39 is 10.0 Å². The number of aryl methyl sites for hydroxylation is 2. The van der Waals surface area contributed by atoms with E-state index in [0.29, 0.717) is 22.9 Å². The zero-order chi connectivity index (χ0) is 16.4. The van der Waals surface area contributed by atoms with Crippen molar-refractivity contribution in [3.63, 3.8) is 0 Å². The first kappa shape index (κ1) is 15.6. The third kappa shape index (κ3) is 3.25. The molecule has 9 heteroatoms. The number of benzene rings is 1. The molecule has 0 amide bonds. The summed E-state index contributed by atoms with van der Waals surface area (Å²) in [5.41, 5.74) is 0.326. The molecule has 1 aliphatic heterocycles. The van der Waals surface area contributed by atoms with Crippen LogP contribution >= 0.6 is 0 Å². The summed E-state index contributed by atoms with van der Waals surface area (Å²) in [4.78, 5) is 0.0700. The molecule has 0 fully saturated rings. The quantitative estimate of drug-likeness (QED) is 0.793. The molecule has 8 nitrogen and oxygen atoms in total. The van der Waals surface area contributed by atoms with E-state index in [-0.39, 0.29) is 30.6 Å². The molecule has 0 unspecified atom stereocenters. The summed E-state index contributed by atoms with van der Waals surface area (Å²) in [6, 6.07) is 5.17. The van der Waals surface area contributed by atoms with Crippen LogP contribution in [-0.2, 0) is 10.0 Å². The van der Waals surface area contributed by atoms with Gasteiger partial charge in [0, 0.05) is 12.6 Å². The van der Waals surface area contributed by atoms with Gasteiger partial charge in [0.05, 0.1) is 0 Å². The van der Waals surface area contributed by atoms with Crippen LogP contribution in [0.4, 0.5) is 0 Å². The van der Waals surface area contributed by atoms with E-state index in [4.69, 9.17) is 18.7 Å². The molecule has 23 heavy (non-hydrogen) atoms. The van der Waals surface area contributed by atoms with Crippen molar-refractivity contribution in [2.45, 2.75) is 18.7 Å². The highest BCUT2D eigenvalue weighted by molar-refractivity contribution is 7.89. The molecule has 0 saturated heterocycles. The van der Waals surface area contributed by atoms with Gasteiger partial charge in [-0.15, -0.1) is 0 Å². The van der Waals surface area contributed by atoms with Gasteiger partial charge in [-0.25, -0.2) is 13.1 Å². The van der Waals surface area contributed by atoms with Gasteiger partial charge in [0.2, 0.25) is 16.8 Å². The molecule has 1 N–H and O–H groups in total. The first-order chi connectivity index (χ1) is 11.0. The average Bonchev–Trinajstić information content (AvgIpc) is 3.09. The Balaban J connectivity index is 1.55. The predicted molar refractivity (Wildman–Crippen MR) is 79.2 cm³/mol. The lowest BCUT2D eigenvalue weighted by atomic mass is 10.3. The molecule has 0 bridgehead atoms. The lowest BCUT2D eigenvalue weighted by Gasteiger charge is -2.08. The molecule has 0 saturated carbocycles. The lowest BCUT2D eigenvalue weighted by molar-refractivity contribution is 0.173. The second kappa shape index (κ2) is 6.09. The molecule has 2 heterocycles. The van der Waals surface area contributed by atoms with Crippen molar-refractivity contribution >= 4 is 10.0 Å². The maximum absolute atomic E-state index is 12.2. The van der Waals surface area contributed by atoms with E-state index >= 15 is 0 Å². The molecular weight excluding hydrogens is 324 g/mol. The van der Waals surface area contributed by atoms with Crippen LogP contribution in [0.5, 0.6) is 17.2 Å². The highest BCUT2D eigenvalue weighted by Gasteiger charge is 2.23. The summed E-state index contributed by atoms with van der Waals surface area (Å²) < 4.78 is 47.7. The standard InChI is InChI=1S/C14H16N2O6S/c1-9-14(10(2)22-16-9)23(17,18)15-5-6-19-11-3-4-12-13(7-11)21-8-20-12/h3-4,7,15H,5-6,8H2,1-2H3. The number of sulfonamides is 1. The average molecular weight is 340 g/mol. The fourth-order valence-corrected chi connectivity index (χ4v) is 3.58. The van der Waals surface area contributed by atoms with Gasteiger partial charge in [-0.3, -0.25) is 0 Å². The number of rotatable bonds is 6. The Morgan fingerprint density at radius 1 is 1.26 bits per heavy atom. The normalized spacial score (nSPS) is 13.3. The van der Waals surface area contributed by atoms with Crippen molar-refractivity contribution < 1.29 is 27.2 Å². The first-order valence-electron chi connectivity index (χ1n) is 6.92. The monoisotopic (exact) mass is 340 g/mol. The van der Waals surface area contributed by atoms with Crippen LogP contribution in [0.3, 0.4) is 0 Å². The Labute approximate surface area is 133 Å². The van der Waals surface area contributed by atoms with Gasteiger partial charge in [-0.05, 0) is 26.0 Å². The summed E-state index contributed by atoms with van der Waals surface area (Å²) in [6.45, 7) is 3.60. The molecule has 124 valence electrons. The minimum atomic E-state index is -3.67. The van der Waals surface area contributed by atoms with Crippen molar-refractivity contribution in [1.29, 1.82) is 0 Å². The zero-order valence-corrected chi connectivity index (χ0v) is 13.5. The molecule has 3 rings (SSSR count). The Bertz CT molecular complexity index is 795. The Morgan fingerprint density at radius 3 is 2.78 bits per heavy atom. The van der Waals surface area contributed by atoms with Crippen molar-refractivity contribution in [3.05, 3.63) is 29.7 Å². The summed E-state index contributed by atoms with van der Waals surface area (Å²) in [6.07, 6.45) is 0. The van der Waals surface area contributed by atoms with E-state index in [2.05, 4.69) is 9.88 Å². The number of ether oxygens (including phenoxy) is 3. The summed E-state index contributed by atoms with van der Waals surface area (Å²) in [5.74, 6) is 2.10. The Hall–Kier alpha value is -2.26. The summed E-state index contributed by atoms with van der Waals surface area (Å²) in [5, 5.41) is 3.64. The topological polar surface area (TPSA) is 99.9 Å². The Kier molecular flexibility index (Phi) is 4.14. The maximum atomic E-state index is 12.2. The number of nitrogens with zero attached hydrogens (tertiary/aromatic N) is 1. The predicted octanol–water partition coefficient (Wildman–Crippen LogP) is 1.38. The Morgan fingerprint density at radius 2 is 2.04 bits per heavy atom. The van der Waals surface area contributed by atoms with Crippen LogP contribution in [0.2, 0.25) is 0 Å². The van der Waals surface area contributed by atoms with Crippen molar-refractivity contribution in [3.8, 4) is 17.2 Å². The molecule has 0 radical (unpaired) electrons. The van der Waals surface area contributed by atoms with Gasteiger partial charge < -0.3 is 18.7 Å². The third-order valence-corrected chi connectivity index (χ3v) is 4.95. The van der Waals surface area contributed by atoms with Gasteiger partial charge in [0.25, 0.3) is 0 Å². The number of hydrogen-bond donors (Lipinski definition) is 1. The molecule has 1 aromatic carbocycles. The SMILES string of the molecule is Cc1noc(C)c1S(=O)(=O)NCCOc1ccc2c(c1)OCO2. The molecule has 0 aliphatic carbocycles. The van der Waals surface area contributed by atoms with Gasteiger partial charge in [0.15, 0.2) is 17.3 Å². The minimum Gasteiger partial charge on any atom is -0.492 e. The number of nitrogens with one attached hydrogen (secondary N) is 1.